The summed E-state index contributed by atoms with van der Waals surface area (Å²) >= 11 is 0. The van der Waals surface area contributed by atoms with Crippen LogP contribution in [-0.2, 0) is 4.79 Å². The predicted molar refractivity (Wildman–Crippen MR) is 131 cm³/mol. The number of para-hydroxylation sites is 2. The molecular formula is C27H21N3O4. The van der Waals surface area contributed by atoms with Gasteiger partial charge < -0.3 is 10.6 Å². The summed E-state index contributed by atoms with van der Waals surface area (Å²) in [5.74, 6) is -1.30. The van der Waals surface area contributed by atoms with Crippen LogP contribution in [0.2, 0.25) is 0 Å². The number of hydrogen-bond donors (Lipinski definition) is 2. The largest absolute Gasteiger partial charge is 0.325 e. The molecule has 7 heteroatoms. The maximum Gasteiger partial charge on any atom is 0.292 e. The van der Waals surface area contributed by atoms with Gasteiger partial charge in [-0.1, -0.05) is 78.9 Å². The maximum atomic E-state index is 13.3. The summed E-state index contributed by atoms with van der Waals surface area (Å²) in [6.45, 7) is 0. The van der Waals surface area contributed by atoms with Crippen LogP contribution >= 0.6 is 0 Å². The van der Waals surface area contributed by atoms with Crippen LogP contribution < -0.4 is 10.6 Å². The summed E-state index contributed by atoms with van der Waals surface area (Å²) < 4.78 is 0. The van der Waals surface area contributed by atoms with E-state index in [1.165, 1.54) is 24.3 Å². The summed E-state index contributed by atoms with van der Waals surface area (Å²) in [7, 11) is 0. The Morgan fingerprint density at radius 3 is 1.91 bits per heavy atom. The molecule has 0 aliphatic carbocycles. The lowest BCUT2D eigenvalue weighted by Crippen LogP contribution is -2.22. The first-order valence-electron chi connectivity index (χ1n) is 10.6. The van der Waals surface area contributed by atoms with Crippen molar-refractivity contribution < 1.29 is 14.5 Å². The minimum absolute atomic E-state index is 0.0974. The number of anilines is 2. The van der Waals surface area contributed by atoms with Gasteiger partial charge in [-0.3, -0.25) is 19.7 Å². The Balaban J connectivity index is 1.56. The van der Waals surface area contributed by atoms with Crippen LogP contribution in [0.5, 0.6) is 0 Å². The average molecular weight is 451 g/mol. The molecule has 0 saturated heterocycles. The van der Waals surface area contributed by atoms with E-state index in [1.54, 1.807) is 24.3 Å². The molecule has 0 aliphatic rings. The van der Waals surface area contributed by atoms with Crippen molar-refractivity contribution in [2.24, 2.45) is 0 Å². The third-order valence-corrected chi connectivity index (χ3v) is 5.27. The first kappa shape index (κ1) is 22.4. The van der Waals surface area contributed by atoms with Crippen LogP contribution in [0.1, 0.15) is 27.4 Å². The number of carbonyl (C=O) groups is 2. The van der Waals surface area contributed by atoms with Crippen molar-refractivity contribution in [1.82, 2.24) is 0 Å². The van der Waals surface area contributed by atoms with Crippen molar-refractivity contribution >= 4 is 28.9 Å². The smallest absolute Gasteiger partial charge is 0.292 e. The molecule has 0 heterocycles. The van der Waals surface area contributed by atoms with Gasteiger partial charge in [-0.05, 0) is 35.4 Å². The minimum atomic E-state index is -0.556. The van der Waals surface area contributed by atoms with Crippen LogP contribution in [0.15, 0.2) is 109 Å². The molecule has 168 valence electrons. The lowest BCUT2D eigenvalue weighted by Gasteiger charge is -2.18. The van der Waals surface area contributed by atoms with Crippen molar-refractivity contribution in [3.8, 4) is 0 Å². The van der Waals surface area contributed by atoms with E-state index in [4.69, 9.17) is 0 Å². The highest BCUT2D eigenvalue weighted by Crippen LogP contribution is 2.27. The second-order valence-electron chi connectivity index (χ2n) is 7.55. The number of carbonyl (C=O) groups excluding carboxylic acids is 2. The zero-order valence-corrected chi connectivity index (χ0v) is 18.0. The first-order valence-corrected chi connectivity index (χ1v) is 10.6. The average Bonchev–Trinajstić information content (AvgIpc) is 2.86. The van der Waals surface area contributed by atoms with Gasteiger partial charge in [0, 0.05) is 17.3 Å². The Morgan fingerprint density at radius 2 is 1.29 bits per heavy atom. The van der Waals surface area contributed by atoms with Crippen LogP contribution in [0.3, 0.4) is 0 Å². The van der Waals surface area contributed by atoms with E-state index in [1.807, 2.05) is 60.7 Å². The molecule has 4 rings (SSSR count). The summed E-state index contributed by atoms with van der Waals surface area (Å²) in [6, 6.07) is 31.3. The van der Waals surface area contributed by atoms with Crippen LogP contribution in [-0.4, -0.2) is 16.7 Å². The summed E-state index contributed by atoms with van der Waals surface area (Å²) in [6.07, 6.45) is 0. The molecule has 0 saturated carbocycles. The Morgan fingerprint density at radius 1 is 0.706 bits per heavy atom. The van der Waals surface area contributed by atoms with E-state index < -0.39 is 16.7 Å². The molecule has 34 heavy (non-hydrogen) atoms. The van der Waals surface area contributed by atoms with E-state index in [-0.39, 0.29) is 22.8 Å². The van der Waals surface area contributed by atoms with Gasteiger partial charge in [0.25, 0.3) is 11.6 Å². The zero-order chi connectivity index (χ0) is 23.9. The third-order valence-electron chi connectivity index (χ3n) is 5.27. The van der Waals surface area contributed by atoms with Gasteiger partial charge in [0.05, 0.1) is 10.8 Å². The molecule has 2 amide bonds. The Labute approximate surface area is 196 Å². The third kappa shape index (κ3) is 5.16. The number of hydrogen-bond acceptors (Lipinski definition) is 4. The lowest BCUT2D eigenvalue weighted by molar-refractivity contribution is -0.383. The van der Waals surface area contributed by atoms with E-state index in [0.717, 1.165) is 11.1 Å². The van der Waals surface area contributed by atoms with Crippen molar-refractivity contribution in [2.75, 3.05) is 10.6 Å². The lowest BCUT2D eigenvalue weighted by atomic mass is 9.90. The monoisotopic (exact) mass is 451 g/mol. The Hall–Kier alpha value is -4.78. The quantitative estimate of drug-likeness (QED) is 0.281. The molecule has 0 radical (unpaired) electrons. The van der Waals surface area contributed by atoms with Crippen molar-refractivity contribution in [3.63, 3.8) is 0 Å². The predicted octanol–water partition coefficient (Wildman–Crippen LogP) is 5.62. The highest BCUT2D eigenvalue weighted by molar-refractivity contribution is 6.06. The maximum absolute atomic E-state index is 13.3. The van der Waals surface area contributed by atoms with Gasteiger partial charge in [-0.2, -0.15) is 0 Å². The second-order valence-corrected chi connectivity index (χ2v) is 7.55. The fraction of sp³-hybridized carbons (Fsp3) is 0.0370. The molecule has 4 aromatic rings. The zero-order valence-electron chi connectivity index (χ0n) is 18.0. The number of benzene rings is 4. The Kier molecular flexibility index (Phi) is 6.74. The van der Waals surface area contributed by atoms with Crippen molar-refractivity contribution in [2.45, 2.75) is 5.92 Å². The number of rotatable bonds is 7. The molecule has 0 atom stereocenters. The van der Waals surface area contributed by atoms with E-state index in [9.17, 15) is 19.7 Å². The number of nitro groups is 1. The fourth-order valence-electron chi connectivity index (χ4n) is 3.67. The summed E-state index contributed by atoms with van der Waals surface area (Å²) in [4.78, 5) is 36.7. The van der Waals surface area contributed by atoms with Crippen molar-refractivity contribution in [3.05, 3.63) is 136 Å². The van der Waals surface area contributed by atoms with Gasteiger partial charge in [0.2, 0.25) is 5.91 Å². The molecule has 0 spiro atoms. The molecule has 4 aromatic carbocycles. The Bertz CT molecular complexity index is 1280. The normalized spacial score (nSPS) is 10.5. The molecule has 2 N–H and O–H groups in total. The first-order chi connectivity index (χ1) is 16.5. The topological polar surface area (TPSA) is 101 Å². The van der Waals surface area contributed by atoms with Gasteiger partial charge in [-0.25, -0.2) is 0 Å². The number of nitro benzene ring substituents is 1. The highest BCUT2D eigenvalue weighted by atomic mass is 16.6. The van der Waals surface area contributed by atoms with Gasteiger partial charge in [0.15, 0.2) is 0 Å². The molecule has 7 nitrogen and oxygen atoms in total. The highest BCUT2D eigenvalue weighted by Gasteiger charge is 2.23. The second kappa shape index (κ2) is 10.2. The number of nitrogens with one attached hydrogen (secondary N) is 2. The minimum Gasteiger partial charge on any atom is -0.325 e. The molecule has 0 bridgehead atoms. The fourth-order valence-corrected chi connectivity index (χ4v) is 3.67. The van der Waals surface area contributed by atoms with E-state index in [0.29, 0.717) is 5.69 Å². The van der Waals surface area contributed by atoms with Gasteiger partial charge >= 0.3 is 0 Å². The molecule has 0 aromatic heterocycles. The SMILES string of the molecule is O=C(Nc1ccccc1[N+](=O)[O-])c1cccc(NC(=O)C(c2ccccc2)c2ccccc2)c1. The van der Waals surface area contributed by atoms with Gasteiger partial charge in [0.1, 0.15) is 5.69 Å². The van der Waals surface area contributed by atoms with E-state index >= 15 is 0 Å². The standard InChI is InChI=1S/C27H21N3O4/c31-26(29-23-16-7-8-17-24(23)30(33)34)21-14-9-15-22(18-21)28-27(32)25(19-10-3-1-4-11-19)20-12-5-2-6-13-20/h1-18,25H,(H,28,32)(H,29,31). The van der Waals surface area contributed by atoms with E-state index in [2.05, 4.69) is 10.6 Å². The molecule has 0 fully saturated rings. The van der Waals surface area contributed by atoms with Crippen LogP contribution in [0.25, 0.3) is 0 Å². The van der Waals surface area contributed by atoms with Gasteiger partial charge in [-0.15, -0.1) is 0 Å². The van der Waals surface area contributed by atoms with Crippen molar-refractivity contribution in [1.29, 1.82) is 0 Å². The number of nitrogens with zero attached hydrogens (tertiary/aromatic N) is 1. The summed E-state index contributed by atoms with van der Waals surface area (Å²) in [5.41, 5.74) is 2.28. The molecule has 0 unspecified atom stereocenters. The molecule has 0 aliphatic heterocycles. The summed E-state index contributed by atoms with van der Waals surface area (Å²) in [5, 5.41) is 16.7. The number of amides is 2. The van der Waals surface area contributed by atoms with Crippen LogP contribution in [0.4, 0.5) is 17.1 Å². The molecular weight excluding hydrogens is 430 g/mol. The van der Waals surface area contributed by atoms with Crippen LogP contribution in [0, 0.1) is 10.1 Å².